The molecule has 1 aliphatic heterocycles. The Morgan fingerprint density at radius 3 is 2.48 bits per heavy atom. The number of amides is 1. The van der Waals surface area contributed by atoms with Crippen LogP contribution in [0.4, 0.5) is 5.69 Å². The summed E-state index contributed by atoms with van der Waals surface area (Å²) < 4.78 is 33.8. The van der Waals surface area contributed by atoms with Crippen molar-refractivity contribution in [2.45, 2.75) is 31.1 Å². The van der Waals surface area contributed by atoms with Crippen molar-refractivity contribution in [3.63, 3.8) is 0 Å². The van der Waals surface area contributed by atoms with E-state index >= 15 is 0 Å². The summed E-state index contributed by atoms with van der Waals surface area (Å²) in [6.45, 7) is 3.43. The highest BCUT2D eigenvalue weighted by molar-refractivity contribution is 7.92. The van der Waals surface area contributed by atoms with Gasteiger partial charge in [0.15, 0.2) is 0 Å². The molecule has 0 N–H and O–H groups in total. The molecule has 164 valence electrons. The number of nitrogens with zero attached hydrogens (tertiary/aromatic N) is 2. The predicted molar refractivity (Wildman–Crippen MR) is 125 cm³/mol. The van der Waals surface area contributed by atoms with Gasteiger partial charge in [-0.15, -0.1) is 11.3 Å². The quantitative estimate of drug-likeness (QED) is 0.557. The molecule has 3 aromatic rings. The lowest BCUT2D eigenvalue weighted by Gasteiger charge is -2.26. The number of benzene rings is 2. The van der Waals surface area contributed by atoms with Crippen molar-refractivity contribution in [2.75, 3.05) is 31.6 Å². The van der Waals surface area contributed by atoms with Gasteiger partial charge in [0.2, 0.25) is 0 Å². The molecule has 1 fully saturated rings. The lowest BCUT2D eigenvalue weighted by Crippen LogP contribution is -2.35. The second-order valence-corrected chi connectivity index (χ2v) is 10.8. The highest BCUT2D eigenvalue weighted by atomic mass is 32.2. The van der Waals surface area contributed by atoms with Gasteiger partial charge in [0.25, 0.3) is 15.9 Å². The molecule has 1 saturated heterocycles. The first kappa shape index (κ1) is 21.6. The molecule has 1 aromatic heterocycles. The summed E-state index contributed by atoms with van der Waals surface area (Å²) in [5.74, 6) is 0.712. The minimum absolute atomic E-state index is 0.0668. The number of likely N-dealkylation sites (tertiary alicyclic amines) is 1. The summed E-state index contributed by atoms with van der Waals surface area (Å²) in [7, 11) is -0.626. The fourth-order valence-corrected chi connectivity index (χ4v) is 6.18. The third-order valence-corrected chi connectivity index (χ3v) is 8.63. The number of carbonyl (C=O) groups excluding carboxylic acids is 1. The van der Waals surface area contributed by atoms with Crippen molar-refractivity contribution in [3.8, 4) is 5.75 Å². The van der Waals surface area contributed by atoms with E-state index in [9.17, 15) is 13.2 Å². The first-order valence-corrected chi connectivity index (χ1v) is 12.5. The fraction of sp³-hybridized carbons (Fsp3) is 0.348. The monoisotopic (exact) mass is 458 g/mol. The Morgan fingerprint density at radius 2 is 1.81 bits per heavy atom. The Bertz CT molecular complexity index is 1230. The Hall–Kier alpha value is -2.58. The molecule has 0 radical (unpaired) electrons. The van der Waals surface area contributed by atoms with Crippen LogP contribution in [-0.2, 0) is 10.0 Å². The van der Waals surface area contributed by atoms with Crippen LogP contribution in [0.15, 0.2) is 47.4 Å². The van der Waals surface area contributed by atoms with Crippen molar-refractivity contribution in [2.24, 2.45) is 0 Å². The molecule has 0 atom stereocenters. The highest BCUT2D eigenvalue weighted by Crippen LogP contribution is 2.32. The summed E-state index contributed by atoms with van der Waals surface area (Å²) >= 11 is 1.46. The standard InChI is InChI=1S/C23H26N2O4S2/c1-16-13-19(8-9-20(16)29-3)31(27,28)24(2)18-7-10-21-17(14-18)15-22(30-21)23(26)25-11-5-4-6-12-25/h7-10,13-15H,4-6,11-12H2,1-3H3. The zero-order valence-corrected chi connectivity index (χ0v) is 19.6. The van der Waals surface area contributed by atoms with E-state index < -0.39 is 10.0 Å². The molecule has 0 saturated carbocycles. The van der Waals surface area contributed by atoms with Gasteiger partial charge in [-0.05, 0) is 79.6 Å². The van der Waals surface area contributed by atoms with E-state index in [0.717, 1.165) is 41.6 Å². The van der Waals surface area contributed by atoms with Gasteiger partial charge in [-0.2, -0.15) is 0 Å². The second-order valence-electron chi connectivity index (χ2n) is 7.79. The van der Waals surface area contributed by atoms with E-state index in [4.69, 9.17) is 4.74 Å². The van der Waals surface area contributed by atoms with E-state index in [1.54, 1.807) is 38.4 Å². The van der Waals surface area contributed by atoms with Crippen molar-refractivity contribution < 1.29 is 17.9 Å². The molecule has 4 rings (SSSR count). The Kier molecular flexibility index (Phi) is 5.94. The van der Waals surface area contributed by atoms with Crippen LogP contribution in [-0.4, -0.2) is 46.5 Å². The molecule has 2 heterocycles. The number of hydrogen-bond donors (Lipinski definition) is 0. The molecule has 0 unspecified atom stereocenters. The lowest BCUT2D eigenvalue weighted by molar-refractivity contribution is 0.0729. The van der Waals surface area contributed by atoms with Crippen LogP contribution in [0.25, 0.3) is 10.1 Å². The first-order chi connectivity index (χ1) is 14.8. The molecule has 0 aliphatic carbocycles. The van der Waals surface area contributed by atoms with E-state index in [1.807, 2.05) is 30.0 Å². The number of methoxy groups -OCH3 is 1. The third-order valence-electron chi connectivity index (χ3n) is 5.74. The predicted octanol–water partition coefficient (Wildman–Crippen LogP) is 4.67. The van der Waals surface area contributed by atoms with Crippen LogP contribution in [0.1, 0.15) is 34.5 Å². The van der Waals surface area contributed by atoms with Crippen molar-refractivity contribution >= 4 is 43.0 Å². The lowest BCUT2D eigenvalue weighted by atomic mass is 10.1. The Morgan fingerprint density at radius 1 is 1.06 bits per heavy atom. The minimum atomic E-state index is -3.73. The summed E-state index contributed by atoms with van der Waals surface area (Å²) in [6, 6.07) is 12.2. The molecule has 2 aromatic carbocycles. The topological polar surface area (TPSA) is 66.9 Å². The zero-order valence-electron chi connectivity index (χ0n) is 17.9. The van der Waals surface area contributed by atoms with Crippen molar-refractivity contribution in [1.29, 1.82) is 0 Å². The minimum Gasteiger partial charge on any atom is -0.496 e. The third kappa shape index (κ3) is 4.14. The molecule has 8 heteroatoms. The van der Waals surface area contributed by atoms with E-state index in [2.05, 4.69) is 0 Å². The SMILES string of the molecule is COc1ccc(S(=O)(=O)N(C)c2ccc3sc(C(=O)N4CCCCC4)cc3c2)cc1C. The van der Waals surface area contributed by atoms with E-state index in [-0.39, 0.29) is 10.8 Å². The number of rotatable bonds is 5. The van der Waals surface area contributed by atoms with Crippen LogP contribution in [0, 0.1) is 6.92 Å². The van der Waals surface area contributed by atoms with Gasteiger partial charge in [-0.3, -0.25) is 9.10 Å². The smallest absolute Gasteiger partial charge is 0.264 e. The molecule has 31 heavy (non-hydrogen) atoms. The van der Waals surface area contributed by atoms with Crippen LogP contribution >= 0.6 is 11.3 Å². The van der Waals surface area contributed by atoms with Gasteiger partial charge >= 0.3 is 0 Å². The largest absolute Gasteiger partial charge is 0.496 e. The number of piperidine rings is 1. The maximum absolute atomic E-state index is 13.2. The summed E-state index contributed by atoms with van der Waals surface area (Å²) in [5.41, 5.74) is 1.31. The number of carbonyl (C=O) groups is 1. The number of hydrogen-bond acceptors (Lipinski definition) is 5. The zero-order chi connectivity index (χ0) is 22.2. The van der Waals surface area contributed by atoms with Gasteiger partial charge in [0.05, 0.1) is 22.6 Å². The second kappa shape index (κ2) is 8.51. The molecular weight excluding hydrogens is 432 g/mol. The number of fused-ring (bicyclic) bond motifs is 1. The van der Waals surface area contributed by atoms with Crippen LogP contribution in [0.5, 0.6) is 5.75 Å². The van der Waals surface area contributed by atoms with Crippen LogP contribution < -0.4 is 9.04 Å². The molecule has 1 aliphatic rings. The summed E-state index contributed by atoms with van der Waals surface area (Å²) in [5, 5.41) is 0.871. The van der Waals surface area contributed by atoms with Crippen LogP contribution in [0.2, 0.25) is 0 Å². The van der Waals surface area contributed by atoms with Crippen molar-refractivity contribution in [3.05, 3.63) is 52.9 Å². The molecule has 1 amide bonds. The van der Waals surface area contributed by atoms with Crippen LogP contribution in [0.3, 0.4) is 0 Å². The van der Waals surface area contributed by atoms with E-state index in [1.165, 1.54) is 22.1 Å². The molecular formula is C23H26N2O4S2. The highest BCUT2D eigenvalue weighted by Gasteiger charge is 2.24. The van der Waals surface area contributed by atoms with Gasteiger partial charge in [0.1, 0.15) is 5.75 Å². The number of anilines is 1. The number of ether oxygens (including phenoxy) is 1. The number of sulfonamides is 1. The average molecular weight is 459 g/mol. The first-order valence-electron chi connectivity index (χ1n) is 10.3. The maximum Gasteiger partial charge on any atom is 0.264 e. The summed E-state index contributed by atoms with van der Waals surface area (Å²) in [6.07, 6.45) is 3.27. The molecule has 0 spiro atoms. The Labute approximate surface area is 187 Å². The number of thiophene rings is 1. The molecule has 6 nitrogen and oxygen atoms in total. The number of aryl methyl sites for hydroxylation is 1. The van der Waals surface area contributed by atoms with Gasteiger partial charge in [0, 0.05) is 24.8 Å². The maximum atomic E-state index is 13.2. The average Bonchev–Trinajstić information content (AvgIpc) is 3.22. The Balaban J connectivity index is 1.63. The summed E-state index contributed by atoms with van der Waals surface area (Å²) in [4.78, 5) is 15.7. The normalized spacial score (nSPS) is 14.6. The molecule has 0 bridgehead atoms. The van der Waals surface area contributed by atoms with Gasteiger partial charge in [-0.25, -0.2) is 8.42 Å². The van der Waals surface area contributed by atoms with Gasteiger partial charge < -0.3 is 9.64 Å². The van der Waals surface area contributed by atoms with E-state index in [0.29, 0.717) is 16.3 Å². The van der Waals surface area contributed by atoms with Crippen molar-refractivity contribution in [1.82, 2.24) is 4.90 Å². The van der Waals surface area contributed by atoms with Gasteiger partial charge in [-0.1, -0.05) is 0 Å². The fourth-order valence-electron chi connectivity index (χ4n) is 3.89.